The SMILES string of the molecule is CC(C)C1CCC(n2cc(NC(=O)c3cnn4ccc(NCC5CC5)nc34)c(C(F)F)n2)CC1. The van der Waals surface area contributed by atoms with Crippen molar-refractivity contribution in [2.45, 2.75) is 64.8 Å². The number of alkyl halides is 2. The highest BCUT2D eigenvalue weighted by Gasteiger charge is 2.28. The lowest BCUT2D eigenvalue weighted by Crippen LogP contribution is -2.21. The van der Waals surface area contributed by atoms with Crippen molar-refractivity contribution in [3.63, 3.8) is 0 Å². The van der Waals surface area contributed by atoms with Crippen LogP contribution in [0.4, 0.5) is 20.3 Å². The van der Waals surface area contributed by atoms with Crippen molar-refractivity contribution in [1.82, 2.24) is 24.4 Å². The fourth-order valence-corrected chi connectivity index (χ4v) is 4.77. The lowest BCUT2D eigenvalue weighted by Gasteiger charge is -2.30. The zero-order valence-corrected chi connectivity index (χ0v) is 19.5. The molecule has 2 saturated carbocycles. The third kappa shape index (κ3) is 4.76. The predicted molar refractivity (Wildman–Crippen MR) is 125 cm³/mol. The largest absolute Gasteiger partial charge is 0.370 e. The molecule has 0 bridgehead atoms. The molecular weight excluding hydrogens is 440 g/mol. The topological polar surface area (TPSA) is 89.1 Å². The molecule has 0 aliphatic heterocycles. The summed E-state index contributed by atoms with van der Waals surface area (Å²) in [6.07, 6.45) is 8.23. The van der Waals surface area contributed by atoms with Crippen molar-refractivity contribution < 1.29 is 13.6 Å². The van der Waals surface area contributed by atoms with E-state index in [0.29, 0.717) is 29.2 Å². The summed E-state index contributed by atoms with van der Waals surface area (Å²) < 4.78 is 30.6. The van der Waals surface area contributed by atoms with Crippen molar-refractivity contribution in [3.05, 3.63) is 35.9 Å². The Bertz CT molecular complexity index is 1160. The number of fused-ring (bicyclic) bond motifs is 1. The molecule has 34 heavy (non-hydrogen) atoms. The first kappa shape index (κ1) is 22.7. The van der Waals surface area contributed by atoms with Crippen molar-refractivity contribution in [2.24, 2.45) is 17.8 Å². The first-order valence-electron chi connectivity index (χ1n) is 12.2. The van der Waals surface area contributed by atoms with Gasteiger partial charge >= 0.3 is 0 Å². The summed E-state index contributed by atoms with van der Waals surface area (Å²) in [4.78, 5) is 17.6. The molecule has 1 amide bonds. The van der Waals surface area contributed by atoms with E-state index in [4.69, 9.17) is 0 Å². The van der Waals surface area contributed by atoms with E-state index in [1.807, 2.05) is 0 Å². The third-order valence-electron chi connectivity index (χ3n) is 7.16. The van der Waals surface area contributed by atoms with E-state index >= 15 is 0 Å². The molecule has 0 aromatic carbocycles. The van der Waals surface area contributed by atoms with Crippen LogP contribution in [0.3, 0.4) is 0 Å². The lowest BCUT2D eigenvalue weighted by atomic mass is 9.80. The van der Waals surface area contributed by atoms with Gasteiger partial charge in [0, 0.05) is 18.9 Å². The van der Waals surface area contributed by atoms with Crippen molar-refractivity contribution >= 4 is 23.1 Å². The molecule has 2 aliphatic carbocycles. The van der Waals surface area contributed by atoms with Crippen molar-refractivity contribution in [2.75, 3.05) is 17.2 Å². The van der Waals surface area contributed by atoms with Gasteiger partial charge in [0.25, 0.3) is 12.3 Å². The fraction of sp³-hybridized carbons (Fsp3) is 0.583. The standard InChI is InChI=1S/C24H31F2N7O/c1-14(2)16-5-7-17(8-6-16)33-13-19(21(31-33)22(25)26)29-24(34)18-12-28-32-10-9-20(30-23(18)32)27-11-15-3-4-15/h9-10,12-17,22H,3-8,11H2,1-2H3,(H,27,30)(H,29,34). The van der Waals surface area contributed by atoms with Crippen LogP contribution in [0.1, 0.15) is 80.9 Å². The lowest BCUT2D eigenvalue weighted by molar-refractivity contribution is 0.102. The quantitative estimate of drug-likeness (QED) is 0.464. The van der Waals surface area contributed by atoms with E-state index in [9.17, 15) is 13.6 Å². The van der Waals surface area contributed by atoms with Crippen LogP contribution >= 0.6 is 0 Å². The second-order valence-electron chi connectivity index (χ2n) is 9.94. The van der Waals surface area contributed by atoms with Gasteiger partial charge in [-0.1, -0.05) is 13.8 Å². The molecule has 10 heteroatoms. The van der Waals surface area contributed by atoms with Crippen LogP contribution in [0.2, 0.25) is 0 Å². The minimum absolute atomic E-state index is 0.0355. The highest BCUT2D eigenvalue weighted by atomic mass is 19.3. The fourth-order valence-electron chi connectivity index (χ4n) is 4.77. The summed E-state index contributed by atoms with van der Waals surface area (Å²) in [5, 5.41) is 14.3. The highest BCUT2D eigenvalue weighted by molar-refractivity contribution is 6.08. The summed E-state index contributed by atoms with van der Waals surface area (Å²) in [5.41, 5.74) is 0.223. The highest BCUT2D eigenvalue weighted by Crippen LogP contribution is 2.37. The molecule has 8 nitrogen and oxygen atoms in total. The molecule has 3 aromatic heterocycles. The van der Waals surface area contributed by atoms with Gasteiger partial charge in [0.05, 0.1) is 17.9 Å². The number of nitrogens with zero attached hydrogens (tertiary/aromatic N) is 5. The van der Waals surface area contributed by atoms with Gasteiger partial charge in [0.15, 0.2) is 11.3 Å². The molecule has 2 fully saturated rings. The molecule has 2 aliphatic rings. The second-order valence-corrected chi connectivity index (χ2v) is 9.94. The molecule has 3 aromatic rings. The van der Waals surface area contributed by atoms with Gasteiger partial charge < -0.3 is 10.6 Å². The number of carbonyl (C=O) groups excluding carboxylic acids is 1. The first-order valence-corrected chi connectivity index (χ1v) is 12.2. The Morgan fingerprint density at radius 1 is 1.18 bits per heavy atom. The van der Waals surface area contributed by atoms with Gasteiger partial charge in [-0.15, -0.1) is 0 Å². The smallest absolute Gasteiger partial charge is 0.284 e. The van der Waals surface area contributed by atoms with Gasteiger partial charge in [0.2, 0.25) is 0 Å². The molecule has 182 valence electrons. The van der Waals surface area contributed by atoms with Crippen LogP contribution in [0, 0.1) is 17.8 Å². The molecular formula is C24H31F2N7O. The number of halogens is 2. The Kier molecular flexibility index (Phi) is 6.22. The van der Waals surface area contributed by atoms with Crippen molar-refractivity contribution in [3.8, 4) is 0 Å². The minimum atomic E-state index is -2.79. The molecule has 0 radical (unpaired) electrons. The Labute approximate surface area is 197 Å². The number of aromatic nitrogens is 5. The zero-order chi connectivity index (χ0) is 23.8. The molecule has 0 atom stereocenters. The van der Waals surface area contributed by atoms with Crippen molar-refractivity contribution in [1.29, 1.82) is 0 Å². The van der Waals surface area contributed by atoms with E-state index in [-0.39, 0.29) is 17.3 Å². The average Bonchev–Trinajstić information content (AvgIpc) is 3.40. The number of hydrogen-bond acceptors (Lipinski definition) is 5. The molecule has 5 rings (SSSR count). The van der Waals surface area contributed by atoms with Crippen LogP contribution in [-0.2, 0) is 0 Å². The number of anilines is 2. The molecule has 0 spiro atoms. The van der Waals surface area contributed by atoms with E-state index in [1.165, 1.54) is 23.6 Å². The van der Waals surface area contributed by atoms with Crippen LogP contribution in [-0.4, -0.2) is 36.8 Å². The number of carbonyl (C=O) groups is 1. The molecule has 0 saturated heterocycles. The van der Waals surface area contributed by atoms with E-state index in [0.717, 1.165) is 32.2 Å². The molecule has 0 unspecified atom stereocenters. The van der Waals surface area contributed by atoms with Gasteiger partial charge in [-0.25, -0.2) is 18.3 Å². The Hall–Kier alpha value is -3.04. The zero-order valence-electron chi connectivity index (χ0n) is 19.5. The monoisotopic (exact) mass is 471 g/mol. The van der Waals surface area contributed by atoms with Crippen LogP contribution < -0.4 is 10.6 Å². The summed E-state index contributed by atoms with van der Waals surface area (Å²) in [5.74, 6) is 2.08. The summed E-state index contributed by atoms with van der Waals surface area (Å²) in [6.45, 7) is 5.29. The van der Waals surface area contributed by atoms with Gasteiger partial charge in [0.1, 0.15) is 11.4 Å². The summed E-state index contributed by atoms with van der Waals surface area (Å²) in [6, 6.07) is 1.87. The number of amides is 1. The number of nitrogens with one attached hydrogen (secondary N) is 2. The Balaban J connectivity index is 1.34. The predicted octanol–water partition coefficient (Wildman–Crippen LogP) is 5.32. The Morgan fingerprint density at radius 2 is 1.94 bits per heavy atom. The average molecular weight is 472 g/mol. The van der Waals surface area contributed by atoms with Gasteiger partial charge in [-0.3, -0.25) is 9.48 Å². The molecule has 3 heterocycles. The number of hydrogen-bond donors (Lipinski definition) is 2. The van der Waals surface area contributed by atoms with E-state index in [2.05, 4.69) is 39.7 Å². The summed E-state index contributed by atoms with van der Waals surface area (Å²) in [7, 11) is 0. The normalized spacial score (nSPS) is 20.9. The second kappa shape index (κ2) is 9.31. The minimum Gasteiger partial charge on any atom is -0.370 e. The van der Waals surface area contributed by atoms with Gasteiger partial charge in [-0.2, -0.15) is 10.2 Å². The van der Waals surface area contributed by atoms with E-state index in [1.54, 1.807) is 23.1 Å². The van der Waals surface area contributed by atoms with Crippen LogP contribution in [0.25, 0.3) is 5.65 Å². The first-order chi connectivity index (χ1) is 16.4. The maximum atomic E-state index is 13.8. The summed E-state index contributed by atoms with van der Waals surface area (Å²) >= 11 is 0. The van der Waals surface area contributed by atoms with Crippen LogP contribution in [0.15, 0.2) is 24.7 Å². The number of rotatable bonds is 8. The third-order valence-corrected chi connectivity index (χ3v) is 7.16. The molecule has 2 N–H and O–H groups in total. The van der Waals surface area contributed by atoms with Gasteiger partial charge in [-0.05, 0) is 62.3 Å². The maximum Gasteiger partial charge on any atom is 0.284 e. The van der Waals surface area contributed by atoms with E-state index < -0.39 is 18.0 Å². The van der Waals surface area contributed by atoms with Crippen LogP contribution in [0.5, 0.6) is 0 Å². The Morgan fingerprint density at radius 3 is 2.62 bits per heavy atom. The maximum absolute atomic E-state index is 13.8.